The third kappa shape index (κ3) is 3.39. The normalized spacial score (nSPS) is 15.5. The van der Waals surface area contributed by atoms with Crippen LogP contribution in [0.15, 0.2) is 35.5 Å². The number of carbonyl (C=O) groups excluding carboxylic acids is 1. The van der Waals surface area contributed by atoms with Crippen LogP contribution in [0.1, 0.15) is 30.2 Å². The molecule has 3 aromatic rings. The van der Waals surface area contributed by atoms with Crippen molar-refractivity contribution >= 4 is 33.9 Å². The summed E-state index contributed by atoms with van der Waals surface area (Å²) in [7, 11) is 0. The molecule has 0 saturated carbocycles. The van der Waals surface area contributed by atoms with E-state index in [9.17, 15) is 4.79 Å². The summed E-state index contributed by atoms with van der Waals surface area (Å²) in [5.74, 6) is 2.07. The molecule has 30 heavy (non-hydrogen) atoms. The van der Waals surface area contributed by atoms with Crippen molar-refractivity contribution in [1.82, 2.24) is 20.1 Å². The number of aliphatic imine (C=N–C) groups is 1. The Morgan fingerprint density at radius 2 is 2.03 bits per heavy atom. The summed E-state index contributed by atoms with van der Waals surface area (Å²) in [5, 5.41) is 8.76. The van der Waals surface area contributed by atoms with Crippen LogP contribution in [0.3, 0.4) is 0 Å². The Balaban J connectivity index is 1.63. The molecule has 2 aromatic heterocycles. The van der Waals surface area contributed by atoms with E-state index in [1.54, 1.807) is 24.0 Å². The fraction of sp³-hybridized carbons (Fsp3) is 0.333. The second-order valence-electron chi connectivity index (χ2n) is 7.32. The van der Waals surface area contributed by atoms with Gasteiger partial charge in [0.25, 0.3) is 5.91 Å². The summed E-state index contributed by atoms with van der Waals surface area (Å²) in [4.78, 5) is 22.3. The summed E-state index contributed by atoms with van der Waals surface area (Å²) in [6.45, 7) is 5.84. The highest BCUT2D eigenvalue weighted by molar-refractivity contribution is 8.14. The third-order valence-corrected chi connectivity index (χ3v) is 5.84. The highest BCUT2D eigenvalue weighted by Gasteiger charge is 2.21. The van der Waals surface area contributed by atoms with E-state index < -0.39 is 0 Å². The number of amides is 1. The number of carbonyl (C=O) groups is 1. The Kier molecular flexibility index (Phi) is 4.82. The summed E-state index contributed by atoms with van der Waals surface area (Å²) >= 11 is 1.55. The number of ether oxygens (including phenoxy) is 2. The van der Waals surface area contributed by atoms with Crippen molar-refractivity contribution in [3.05, 3.63) is 36.0 Å². The number of nitrogens with zero attached hydrogens (tertiary/aromatic N) is 4. The van der Waals surface area contributed by atoms with Crippen LogP contribution in [0.25, 0.3) is 22.3 Å². The second kappa shape index (κ2) is 7.64. The number of aromatic nitrogens is 3. The minimum absolute atomic E-state index is 0.108. The number of pyridine rings is 1. The molecule has 0 spiro atoms. The molecule has 154 valence electrons. The monoisotopic (exact) mass is 423 g/mol. The Morgan fingerprint density at radius 3 is 2.80 bits per heavy atom. The van der Waals surface area contributed by atoms with Crippen molar-refractivity contribution in [3.8, 4) is 22.8 Å². The van der Waals surface area contributed by atoms with Gasteiger partial charge in [-0.05, 0) is 38.1 Å². The predicted molar refractivity (Wildman–Crippen MR) is 117 cm³/mol. The van der Waals surface area contributed by atoms with E-state index in [2.05, 4.69) is 15.4 Å². The molecule has 2 aliphatic heterocycles. The molecule has 0 saturated heterocycles. The lowest BCUT2D eigenvalue weighted by Gasteiger charge is -2.19. The fourth-order valence-corrected chi connectivity index (χ4v) is 4.23. The Hall–Kier alpha value is -3.07. The first-order valence-corrected chi connectivity index (χ1v) is 10.9. The first kappa shape index (κ1) is 18.9. The molecule has 1 aromatic carbocycles. The fourth-order valence-electron chi connectivity index (χ4n) is 3.51. The van der Waals surface area contributed by atoms with E-state index in [-0.39, 0.29) is 11.9 Å². The number of thioether (sulfide) groups is 1. The van der Waals surface area contributed by atoms with Gasteiger partial charge in [0.1, 0.15) is 13.2 Å². The zero-order valence-electron chi connectivity index (χ0n) is 16.7. The minimum Gasteiger partial charge on any atom is -0.486 e. The topological polar surface area (TPSA) is 90.6 Å². The minimum atomic E-state index is -0.211. The highest BCUT2D eigenvalue weighted by Crippen LogP contribution is 2.35. The van der Waals surface area contributed by atoms with Gasteiger partial charge in [0.05, 0.1) is 29.4 Å². The van der Waals surface area contributed by atoms with Crippen molar-refractivity contribution in [2.45, 2.75) is 19.9 Å². The van der Waals surface area contributed by atoms with Crippen LogP contribution in [-0.2, 0) is 0 Å². The zero-order valence-corrected chi connectivity index (χ0v) is 17.5. The van der Waals surface area contributed by atoms with Crippen LogP contribution in [0, 0.1) is 0 Å². The number of fused-ring (bicyclic) bond motifs is 2. The molecule has 0 bridgehead atoms. The molecule has 5 rings (SSSR count). The SMILES string of the molecule is CC(C)n1ncc2c(C(=O)NC3=NCCS3)cc(-c3ccc4c(c3)OCCO4)nc21. The van der Waals surface area contributed by atoms with Crippen molar-refractivity contribution in [2.75, 3.05) is 25.5 Å². The van der Waals surface area contributed by atoms with Gasteiger partial charge in [-0.25, -0.2) is 9.67 Å². The van der Waals surface area contributed by atoms with Crippen LogP contribution in [0.4, 0.5) is 0 Å². The van der Waals surface area contributed by atoms with Gasteiger partial charge in [0, 0.05) is 17.4 Å². The van der Waals surface area contributed by atoms with Crippen LogP contribution in [0.5, 0.6) is 11.5 Å². The third-order valence-electron chi connectivity index (χ3n) is 4.94. The number of benzene rings is 1. The number of hydrogen-bond donors (Lipinski definition) is 1. The van der Waals surface area contributed by atoms with Crippen LogP contribution < -0.4 is 14.8 Å². The molecule has 0 unspecified atom stereocenters. The van der Waals surface area contributed by atoms with E-state index in [0.717, 1.165) is 17.9 Å². The molecule has 0 atom stereocenters. The number of rotatable bonds is 3. The average Bonchev–Trinajstić information content (AvgIpc) is 3.42. The van der Waals surface area contributed by atoms with Gasteiger partial charge in [0.2, 0.25) is 0 Å². The Morgan fingerprint density at radius 1 is 1.20 bits per heavy atom. The average molecular weight is 423 g/mol. The lowest BCUT2D eigenvalue weighted by atomic mass is 10.1. The first-order valence-electron chi connectivity index (χ1n) is 9.87. The molecule has 2 aliphatic rings. The molecule has 1 N–H and O–H groups in total. The first-order chi connectivity index (χ1) is 14.6. The molecular formula is C21H21N5O3S. The number of amidine groups is 1. The molecular weight excluding hydrogens is 402 g/mol. The smallest absolute Gasteiger partial charge is 0.258 e. The van der Waals surface area contributed by atoms with Crippen molar-refractivity contribution in [2.24, 2.45) is 4.99 Å². The van der Waals surface area contributed by atoms with Crippen LogP contribution >= 0.6 is 11.8 Å². The van der Waals surface area contributed by atoms with Gasteiger partial charge in [-0.1, -0.05) is 11.8 Å². The van der Waals surface area contributed by atoms with Crippen LogP contribution in [-0.4, -0.2) is 51.4 Å². The molecule has 4 heterocycles. The molecule has 0 radical (unpaired) electrons. The zero-order chi connectivity index (χ0) is 20.7. The predicted octanol–water partition coefficient (Wildman–Crippen LogP) is 3.28. The van der Waals surface area contributed by atoms with Gasteiger partial charge in [0.15, 0.2) is 22.3 Å². The van der Waals surface area contributed by atoms with Gasteiger partial charge < -0.3 is 14.8 Å². The summed E-state index contributed by atoms with van der Waals surface area (Å²) in [6, 6.07) is 7.61. The lowest BCUT2D eigenvalue weighted by Crippen LogP contribution is -2.27. The van der Waals surface area contributed by atoms with Crippen LogP contribution in [0.2, 0.25) is 0 Å². The summed E-state index contributed by atoms with van der Waals surface area (Å²) in [5.41, 5.74) is 2.71. The highest BCUT2D eigenvalue weighted by atomic mass is 32.2. The van der Waals surface area contributed by atoms with Crippen molar-refractivity contribution in [1.29, 1.82) is 0 Å². The number of nitrogens with one attached hydrogen (secondary N) is 1. The van der Waals surface area contributed by atoms with E-state index >= 15 is 0 Å². The maximum absolute atomic E-state index is 13.1. The van der Waals surface area contributed by atoms with Crippen molar-refractivity contribution in [3.63, 3.8) is 0 Å². The maximum Gasteiger partial charge on any atom is 0.258 e. The summed E-state index contributed by atoms with van der Waals surface area (Å²) < 4.78 is 13.2. The standard InChI is InChI=1S/C21H21N5O3S/c1-12(2)26-19-15(11-23-26)14(20(27)25-21-22-5-8-30-21)10-16(24-19)13-3-4-17-18(9-13)29-7-6-28-17/h3-4,9-12H,5-8H2,1-2H3,(H,22,25,27). The summed E-state index contributed by atoms with van der Waals surface area (Å²) in [6.07, 6.45) is 1.70. The molecule has 9 heteroatoms. The molecule has 0 aliphatic carbocycles. The van der Waals surface area contributed by atoms with Gasteiger partial charge in [-0.3, -0.25) is 9.79 Å². The van der Waals surface area contributed by atoms with Crippen molar-refractivity contribution < 1.29 is 14.3 Å². The van der Waals surface area contributed by atoms with Gasteiger partial charge in [-0.2, -0.15) is 5.10 Å². The quantitative estimate of drug-likeness (QED) is 0.695. The van der Waals surface area contributed by atoms with E-state index in [1.807, 2.05) is 36.7 Å². The van der Waals surface area contributed by atoms with Gasteiger partial charge in [-0.15, -0.1) is 0 Å². The van der Waals surface area contributed by atoms with E-state index in [0.29, 0.717) is 52.2 Å². The molecule has 8 nitrogen and oxygen atoms in total. The number of hydrogen-bond acceptors (Lipinski definition) is 7. The largest absolute Gasteiger partial charge is 0.486 e. The molecule has 1 amide bonds. The van der Waals surface area contributed by atoms with Gasteiger partial charge >= 0.3 is 0 Å². The van der Waals surface area contributed by atoms with E-state index in [1.165, 1.54) is 0 Å². The Bertz CT molecular complexity index is 1170. The maximum atomic E-state index is 13.1. The Labute approximate surface area is 177 Å². The van der Waals surface area contributed by atoms with E-state index in [4.69, 9.17) is 14.5 Å². The lowest BCUT2D eigenvalue weighted by molar-refractivity contribution is 0.0979. The second-order valence-corrected chi connectivity index (χ2v) is 8.41. The molecule has 0 fully saturated rings.